The molecule has 1 aromatic carbocycles. The van der Waals surface area contributed by atoms with Gasteiger partial charge in [0.15, 0.2) is 0 Å². The maximum Gasteiger partial charge on any atom is 0.280 e. The molecule has 1 fully saturated rings. The summed E-state index contributed by atoms with van der Waals surface area (Å²) in [4.78, 5) is 3.84. The Kier molecular flexibility index (Phi) is 4.22. The van der Waals surface area contributed by atoms with E-state index in [1.54, 1.807) is 6.07 Å². The van der Waals surface area contributed by atoms with Gasteiger partial charge in [-0.15, -0.1) is 0 Å². The number of benzene rings is 1. The molecule has 0 aliphatic heterocycles. The lowest BCUT2D eigenvalue weighted by Crippen LogP contribution is -2.05. The molecular weight excluding hydrogens is 286 g/mol. The fourth-order valence-electron chi connectivity index (χ4n) is 2.56. The molecule has 1 aliphatic rings. The smallest absolute Gasteiger partial charge is 0.280 e. The second-order valence-corrected chi connectivity index (χ2v) is 5.39. The summed E-state index contributed by atoms with van der Waals surface area (Å²) in [6.45, 7) is 0.322. The average molecular weight is 304 g/mol. The van der Waals surface area contributed by atoms with Crippen molar-refractivity contribution in [3.8, 4) is 5.88 Å². The van der Waals surface area contributed by atoms with Crippen LogP contribution in [0.1, 0.15) is 42.0 Å². The Morgan fingerprint density at radius 2 is 2.00 bits per heavy atom. The van der Waals surface area contributed by atoms with E-state index in [2.05, 4.69) is 16.4 Å². The highest BCUT2D eigenvalue weighted by atomic mass is 19.3. The first-order valence-electron chi connectivity index (χ1n) is 7.36. The Morgan fingerprint density at radius 3 is 2.68 bits per heavy atom. The standard InChI is InChI=1S/C17H18F2N2O/c1-20-14-5-2-4-12(11-8-9-11)13(14)10-22-16-7-3-6-15(21-16)17(18)19/h2-7,11,17,20H,8-10H2,1H3. The Labute approximate surface area is 128 Å². The fraction of sp³-hybridized carbons (Fsp3) is 0.353. The van der Waals surface area contributed by atoms with Gasteiger partial charge in [0.05, 0.1) is 0 Å². The SMILES string of the molecule is CNc1cccc(C2CC2)c1COc1cccc(C(F)F)n1. The first-order valence-corrected chi connectivity index (χ1v) is 7.36. The van der Waals surface area contributed by atoms with Gasteiger partial charge in [-0.3, -0.25) is 0 Å². The third-order valence-corrected chi connectivity index (χ3v) is 3.83. The minimum Gasteiger partial charge on any atom is -0.473 e. The topological polar surface area (TPSA) is 34.1 Å². The maximum atomic E-state index is 12.7. The number of pyridine rings is 1. The molecule has 1 aliphatic carbocycles. The van der Waals surface area contributed by atoms with Crippen LogP contribution in [0.2, 0.25) is 0 Å². The first kappa shape index (κ1) is 14.8. The third kappa shape index (κ3) is 3.18. The number of hydrogen-bond acceptors (Lipinski definition) is 3. The number of nitrogens with zero attached hydrogens (tertiary/aromatic N) is 1. The predicted molar refractivity (Wildman–Crippen MR) is 81.5 cm³/mol. The average Bonchev–Trinajstić information content (AvgIpc) is 3.37. The van der Waals surface area contributed by atoms with E-state index in [4.69, 9.17) is 4.74 Å². The van der Waals surface area contributed by atoms with Crippen molar-refractivity contribution in [3.05, 3.63) is 53.2 Å². The molecule has 0 saturated heterocycles. The van der Waals surface area contributed by atoms with Crippen LogP contribution in [0.5, 0.6) is 5.88 Å². The summed E-state index contributed by atoms with van der Waals surface area (Å²) >= 11 is 0. The van der Waals surface area contributed by atoms with Crippen molar-refractivity contribution in [2.24, 2.45) is 0 Å². The molecular formula is C17H18F2N2O. The molecule has 0 bridgehead atoms. The largest absolute Gasteiger partial charge is 0.473 e. The van der Waals surface area contributed by atoms with E-state index >= 15 is 0 Å². The number of ether oxygens (including phenoxy) is 1. The molecule has 116 valence electrons. The van der Waals surface area contributed by atoms with Crippen LogP contribution in [0.25, 0.3) is 0 Å². The van der Waals surface area contributed by atoms with Gasteiger partial charge >= 0.3 is 0 Å². The highest BCUT2D eigenvalue weighted by molar-refractivity contribution is 5.55. The Hall–Kier alpha value is -2.17. The molecule has 0 amide bonds. The van der Waals surface area contributed by atoms with Crippen LogP contribution in [-0.4, -0.2) is 12.0 Å². The summed E-state index contributed by atoms with van der Waals surface area (Å²) in [7, 11) is 1.87. The zero-order valence-electron chi connectivity index (χ0n) is 12.4. The summed E-state index contributed by atoms with van der Waals surface area (Å²) in [5.74, 6) is 0.817. The summed E-state index contributed by atoms with van der Waals surface area (Å²) in [6, 6.07) is 10.6. The van der Waals surface area contributed by atoms with Crippen LogP contribution >= 0.6 is 0 Å². The minimum atomic E-state index is -2.59. The molecule has 1 saturated carbocycles. The molecule has 22 heavy (non-hydrogen) atoms. The van der Waals surface area contributed by atoms with E-state index in [1.165, 1.54) is 30.5 Å². The van der Waals surface area contributed by atoms with E-state index in [9.17, 15) is 8.78 Å². The molecule has 3 rings (SSSR count). The quantitative estimate of drug-likeness (QED) is 0.852. The van der Waals surface area contributed by atoms with Crippen molar-refractivity contribution < 1.29 is 13.5 Å². The summed E-state index contributed by atoms with van der Waals surface area (Å²) in [6.07, 6.45) is -0.200. The van der Waals surface area contributed by atoms with Crippen LogP contribution in [0.3, 0.4) is 0 Å². The van der Waals surface area contributed by atoms with E-state index in [1.807, 2.05) is 19.2 Å². The lowest BCUT2D eigenvalue weighted by Gasteiger charge is -2.15. The van der Waals surface area contributed by atoms with Gasteiger partial charge in [0.25, 0.3) is 6.43 Å². The Morgan fingerprint density at radius 1 is 1.23 bits per heavy atom. The normalized spacial score (nSPS) is 14.2. The molecule has 0 spiro atoms. The lowest BCUT2D eigenvalue weighted by molar-refractivity contribution is 0.144. The summed E-state index contributed by atoms with van der Waals surface area (Å²) < 4.78 is 31.0. The van der Waals surface area contributed by atoms with Crippen molar-refractivity contribution in [1.29, 1.82) is 0 Å². The van der Waals surface area contributed by atoms with Gasteiger partial charge in [-0.25, -0.2) is 13.8 Å². The van der Waals surface area contributed by atoms with Gasteiger partial charge in [-0.05, 0) is 36.5 Å². The van der Waals surface area contributed by atoms with Gasteiger partial charge in [0, 0.05) is 24.4 Å². The van der Waals surface area contributed by atoms with Gasteiger partial charge in [-0.1, -0.05) is 18.2 Å². The van der Waals surface area contributed by atoms with E-state index in [0.29, 0.717) is 12.5 Å². The van der Waals surface area contributed by atoms with Crippen molar-refractivity contribution in [3.63, 3.8) is 0 Å². The number of anilines is 1. The van der Waals surface area contributed by atoms with Crippen molar-refractivity contribution in [2.75, 3.05) is 12.4 Å². The van der Waals surface area contributed by atoms with Gasteiger partial charge in [0.1, 0.15) is 12.3 Å². The highest BCUT2D eigenvalue weighted by Crippen LogP contribution is 2.43. The molecule has 5 heteroatoms. The number of rotatable bonds is 6. The molecule has 1 heterocycles. The highest BCUT2D eigenvalue weighted by Gasteiger charge is 2.27. The summed E-state index contributed by atoms with van der Waals surface area (Å²) in [5, 5.41) is 3.16. The monoisotopic (exact) mass is 304 g/mol. The number of halogens is 2. The van der Waals surface area contributed by atoms with Crippen LogP contribution < -0.4 is 10.1 Å². The third-order valence-electron chi connectivity index (χ3n) is 3.83. The number of alkyl halides is 2. The van der Waals surface area contributed by atoms with Crippen molar-refractivity contribution in [2.45, 2.75) is 31.8 Å². The Bertz CT molecular complexity index is 657. The summed E-state index contributed by atoms with van der Waals surface area (Å²) in [5.41, 5.74) is 3.10. The first-order chi connectivity index (χ1) is 10.7. The molecule has 3 nitrogen and oxygen atoms in total. The zero-order valence-corrected chi connectivity index (χ0v) is 12.4. The molecule has 1 N–H and O–H groups in total. The zero-order chi connectivity index (χ0) is 15.5. The van der Waals surface area contributed by atoms with Gasteiger partial charge in [-0.2, -0.15) is 0 Å². The number of nitrogens with one attached hydrogen (secondary N) is 1. The number of aromatic nitrogens is 1. The molecule has 2 aromatic rings. The molecule has 0 radical (unpaired) electrons. The van der Waals surface area contributed by atoms with E-state index in [-0.39, 0.29) is 11.6 Å². The molecule has 0 unspecified atom stereocenters. The van der Waals surface area contributed by atoms with Crippen LogP contribution in [0.4, 0.5) is 14.5 Å². The van der Waals surface area contributed by atoms with Crippen molar-refractivity contribution in [1.82, 2.24) is 4.98 Å². The maximum absolute atomic E-state index is 12.7. The molecule has 1 aromatic heterocycles. The van der Waals surface area contributed by atoms with Gasteiger partial charge < -0.3 is 10.1 Å². The van der Waals surface area contributed by atoms with Crippen LogP contribution in [0, 0.1) is 0 Å². The van der Waals surface area contributed by atoms with Crippen LogP contribution in [0.15, 0.2) is 36.4 Å². The second kappa shape index (κ2) is 6.30. The molecule has 0 atom stereocenters. The Balaban J connectivity index is 1.80. The number of hydrogen-bond donors (Lipinski definition) is 1. The van der Waals surface area contributed by atoms with E-state index in [0.717, 1.165) is 11.3 Å². The lowest BCUT2D eigenvalue weighted by atomic mass is 10.0. The van der Waals surface area contributed by atoms with Crippen molar-refractivity contribution >= 4 is 5.69 Å². The van der Waals surface area contributed by atoms with Crippen LogP contribution in [-0.2, 0) is 6.61 Å². The van der Waals surface area contributed by atoms with E-state index < -0.39 is 6.43 Å². The van der Waals surface area contributed by atoms with Gasteiger partial charge in [0.2, 0.25) is 5.88 Å². The minimum absolute atomic E-state index is 0.227. The predicted octanol–water partition coefficient (Wildman–Crippen LogP) is 4.52. The fourth-order valence-corrected chi connectivity index (χ4v) is 2.56. The second-order valence-electron chi connectivity index (χ2n) is 5.39.